The van der Waals surface area contributed by atoms with Crippen LogP contribution in [0, 0.1) is 5.21 Å². The SMILES string of the molecule is [O-][n+]1cccc2c(Oc3ccccc3)cccc21. The highest BCUT2D eigenvalue weighted by Gasteiger charge is 2.08. The number of fused-ring (bicyclic) bond motifs is 1. The van der Waals surface area contributed by atoms with Gasteiger partial charge in [0.2, 0.25) is 5.52 Å². The summed E-state index contributed by atoms with van der Waals surface area (Å²) in [7, 11) is 0. The van der Waals surface area contributed by atoms with Gasteiger partial charge < -0.3 is 9.94 Å². The fourth-order valence-electron chi connectivity index (χ4n) is 1.89. The van der Waals surface area contributed by atoms with E-state index in [1.807, 2.05) is 48.5 Å². The van der Waals surface area contributed by atoms with Crippen LogP contribution in [0.2, 0.25) is 0 Å². The molecule has 0 unspecified atom stereocenters. The molecule has 0 fully saturated rings. The Hall–Kier alpha value is -2.55. The van der Waals surface area contributed by atoms with E-state index in [1.54, 1.807) is 12.1 Å². The van der Waals surface area contributed by atoms with Crippen molar-refractivity contribution in [1.82, 2.24) is 0 Å². The first kappa shape index (κ1) is 10.6. The first-order valence-corrected chi connectivity index (χ1v) is 5.68. The van der Waals surface area contributed by atoms with Gasteiger partial charge in [-0.25, -0.2) is 0 Å². The summed E-state index contributed by atoms with van der Waals surface area (Å²) in [5, 5.41) is 12.4. The fourth-order valence-corrected chi connectivity index (χ4v) is 1.89. The Morgan fingerprint density at radius 2 is 1.67 bits per heavy atom. The zero-order valence-corrected chi connectivity index (χ0v) is 9.61. The van der Waals surface area contributed by atoms with E-state index >= 15 is 0 Å². The van der Waals surface area contributed by atoms with E-state index in [-0.39, 0.29) is 0 Å². The van der Waals surface area contributed by atoms with Crippen LogP contribution >= 0.6 is 0 Å². The van der Waals surface area contributed by atoms with Crippen LogP contribution in [0.1, 0.15) is 0 Å². The van der Waals surface area contributed by atoms with E-state index in [4.69, 9.17) is 4.74 Å². The van der Waals surface area contributed by atoms with Crippen LogP contribution < -0.4 is 9.47 Å². The predicted molar refractivity (Wildman–Crippen MR) is 69.4 cm³/mol. The molecule has 0 atom stereocenters. The Kier molecular flexibility index (Phi) is 2.57. The highest BCUT2D eigenvalue weighted by Crippen LogP contribution is 2.27. The zero-order valence-electron chi connectivity index (χ0n) is 9.61. The normalized spacial score (nSPS) is 10.4. The van der Waals surface area contributed by atoms with Gasteiger partial charge in [-0.3, -0.25) is 0 Å². The van der Waals surface area contributed by atoms with Gasteiger partial charge in [-0.2, -0.15) is 4.73 Å². The van der Waals surface area contributed by atoms with Crippen molar-refractivity contribution < 1.29 is 9.47 Å². The first-order chi connectivity index (χ1) is 8.84. The fraction of sp³-hybridized carbons (Fsp3) is 0. The summed E-state index contributed by atoms with van der Waals surface area (Å²) in [4.78, 5) is 0. The second-order valence-electron chi connectivity index (χ2n) is 3.94. The maximum absolute atomic E-state index is 11.6. The molecule has 2 aromatic carbocycles. The Morgan fingerprint density at radius 1 is 0.833 bits per heavy atom. The van der Waals surface area contributed by atoms with Crippen molar-refractivity contribution in [3.63, 3.8) is 0 Å². The van der Waals surface area contributed by atoms with Crippen molar-refractivity contribution in [1.29, 1.82) is 0 Å². The maximum Gasteiger partial charge on any atom is 0.227 e. The van der Waals surface area contributed by atoms with Crippen LogP contribution in [-0.2, 0) is 0 Å². The highest BCUT2D eigenvalue weighted by atomic mass is 16.5. The van der Waals surface area contributed by atoms with Crippen LogP contribution in [0.3, 0.4) is 0 Å². The molecule has 0 bridgehead atoms. The molecule has 0 amide bonds. The summed E-state index contributed by atoms with van der Waals surface area (Å²) in [5.74, 6) is 1.44. The van der Waals surface area contributed by atoms with Gasteiger partial charge in [0.15, 0.2) is 6.20 Å². The summed E-state index contributed by atoms with van der Waals surface area (Å²) in [6.07, 6.45) is 1.48. The second-order valence-corrected chi connectivity index (χ2v) is 3.94. The van der Waals surface area contributed by atoms with Crippen LogP contribution in [0.15, 0.2) is 66.9 Å². The molecular formula is C15H11NO2. The van der Waals surface area contributed by atoms with E-state index in [0.717, 1.165) is 15.9 Å². The van der Waals surface area contributed by atoms with Crippen LogP contribution in [0.5, 0.6) is 11.5 Å². The minimum atomic E-state index is 0.603. The lowest BCUT2D eigenvalue weighted by Crippen LogP contribution is -2.25. The van der Waals surface area contributed by atoms with Crippen molar-refractivity contribution in [2.45, 2.75) is 0 Å². The molecule has 18 heavy (non-hydrogen) atoms. The average molecular weight is 237 g/mol. The molecule has 3 rings (SSSR count). The Morgan fingerprint density at radius 3 is 2.50 bits per heavy atom. The number of aromatic nitrogens is 1. The monoisotopic (exact) mass is 237 g/mol. The minimum Gasteiger partial charge on any atom is -0.618 e. The van der Waals surface area contributed by atoms with Gasteiger partial charge in [-0.15, -0.1) is 0 Å². The molecule has 0 aliphatic rings. The highest BCUT2D eigenvalue weighted by molar-refractivity contribution is 5.82. The third-order valence-electron chi connectivity index (χ3n) is 2.74. The molecule has 3 nitrogen and oxygen atoms in total. The summed E-state index contributed by atoms with van der Waals surface area (Å²) in [6, 6.07) is 18.6. The lowest BCUT2D eigenvalue weighted by Gasteiger charge is -2.08. The number of benzene rings is 2. The molecule has 88 valence electrons. The Balaban J connectivity index is 2.10. The Labute approximate surface area is 104 Å². The topological polar surface area (TPSA) is 36.2 Å². The van der Waals surface area contributed by atoms with E-state index in [1.165, 1.54) is 6.20 Å². The van der Waals surface area contributed by atoms with Gasteiger partial charge >= 0.3 is 0 Å². The molecular weight excluding hydrogens is 226 g/mol. The smallest absolute Gasteiger partial charge is 0.227 e. The van der Waals surface area contributed by atoms with Crippen molar-refractivity contribution in [3.05, 3.63) is 72.1 Å². The number of pyridine rings is 1. The molecule has 0 N–H and O–H groups in total. The van der Waals surface area contributed by atoms with Crippen LogP contribution in [0.4, 0.5) is 0 Å². The van der Waals surface area contributed by atoms with Crippen molar-refractivity contribution >= 4 is 10.9 Å². The van der Waals surface area contributed by atoms with E-state index in [0.29, 0.717) is 11.3 Å². The standard InChI is InChI=1S/C15H11NO2/c17-16-11-5-8-13-14(16)9-4-10-15(13)18-12-6-2-1-3-7-12/h1-11H. The summed E-state index contributed by atoms with van der Waals surface area (Å²) >= 11 is 0. The predicted octanol–water partition coefficient (Wildman–Crippen LogP) is 3.27. The molecule has 1 heterocycles. The van der Waals surface area contributed by atoms with E-state index in [9.17, 15) is 5.21 Å². The quantitative estimate of drug-likeness (QED) is 0.506. The average Bonchev–Trinajstić information content (AvgIpc) is 2.41. The van der Waals surface area contributed by atoms with Crippen LogP contribution in [-0.4, -0.2) is 0 Å². The molecule has 3 heteroatoms. The van der Waals surface area contributed by atoms with Gasteiger partial charge in [0.05, 0.1) is 5.39 Å². The molecule has 3 aromatic rings. The number of para-hydroxylation sites is 1. The molecule has 0 saturated carbocycles. The maximum atomic E-state index is 11.6. The number of ether oxygens (including phenoxy) is 1. The lowest BCUT2D eigenvalue weighted by molar-refractivity contribution is -0.577. The first-order valence-electron chi connectivity index (χ1n) is 5.68. The summed E-state index contributed by atoms with van der Waals surface area (Å²) < 4.78 is 6.63. The van der Waals surface area contributed by atoms with Gasteiger partial charge in [0, 0.05) is 12.1 Å². The molecule has 0 saturated heterocycles. The molecule has 0 spiro atoms. The van der Waals surface area contributed by atoms with Crippen molar-refractivity contribution in [2.75, 3.05) is 0 Å². The van der Waals surface area contributed by atoms with Gasteiger partial charge in [-0.1, -0.05) is 24.3 Å². The van der Waals surface area contributed by atoms with Gasteiger partial charge in [0.1, 0.15) is 11.5 Å². The Bertz CT molecular complexity index is 680. The summed E-state index contributed by atoms with van der Waals surface area (Å²) in [6.45, 7) is 0. The van der Waals surface area contributed by atoms with Crippen molar-refractivity contribution in [2.24, 2.45) is 0 Å². The number of nitrogens with zero attached hydrogens (tertiary/aromatic N) is 1. The largest absolute Gasteiger partial charge is 0.618 e. The minimum absolute atomic E-state index is 0.603. The zero-order chi connectivity index (χ0) is 12.4. The molecule has 1 aromatic heterocycles. The third-order valence-corrected chi connectivity index (χ3v) is 2.74. The van der Waals surface area contributed by atoms with Crippen LogP contribution in [0.25, 0.3) is 10.9 Å². The summed E-state index contributed by atoms with van der Waals surface area (Å²) in [5.41, 5.74) is 0.603. The van der Waals surface area contributed by atoms with E-state index in [2.05, 4.69) is 0 Å². The lowest BCUT2D eigenvalue weighted by atomic mass is 10.2. The number of hydrogen-bond acceptors (Lipinski definition) is 2. The molecule has 0 radical (unpaired) electrons. The van der Waals surface area contributed by atoms with Gasteiger partial charge in [-0.05, 0) is 24.3 Å². The second kappa shape index (κ2) is 4.37. The van der Waals surface area contributed by atoms with Crippen molar-refractivity contribution in [3.8, 4) is 11.5 Å². The van der Waals surface area contributed by atoms with E-state index < -0.39 is 0 Å². The third kappa shape index (κ3) is 1.86. The number of hydrogen-bond donors (Lipinski definition) is 0. The number of rotatable bonds is 2. The molecule has 0 aliphatic heterocycles. The molecule has 0 aliphatic carbocycles. The van der Waals surface area contributed by atoms with Gasteiger partial charge in [0.25, 0.3) is 0 Å².